The molecule has 0 unspecified atom stereocenters. The summed E-state index contributed by atoms with van der Waals surface area (Å²) in [5.74, 6) is 1.54. The molecular weight excluding hydrogens is 360 g/mol. The Morgan fingerprint density at radius 1 is 1.32 bits per heavy atom. The summed E-state index contributed by atoms with van der Waals surface area (Å²) in [7, 11) is 1.53. The molecule has 1 aliphatic heterocycles. The number of piperidine rings is 1. The van der Waals surface area contributed by atoms with Crippen molar-refractivity contribution < 1.29 is 18.7 Å². The number of amides is 2. The van der Waals surface area contributed by atoms with Crippen molar-refractivity contribution in [3.05, 3.63) is 41.9 Å². The SMILES string of the molecule is COCC(=O)N(CCn1ccnc1C)C1CCN(C(=O)c2ccoc2C)CC1. The highest BCUT2D eigenvalue weighted by atomic mass is 16.5. The number of carbonyl (C=O) groups is 2. The predicted molar refractivity (Wildman–Crippen MR) is 103 cm³/mol. The van der Waals surface area contributed by atoms with Crippen molar-refractivity contribution in [1.29, 1.82) is 0 Å². The Kier molecular flexibility index (Phi) is 6.51. The van der Waals surface area contributed by atoms with E-state index in [4.69, 9.17) is 9.15 Å². The Balaban J connectivity index is 1.62. The fourth-order valence-electron chi connectivity index (χ4n) is 3.73. The molecule has 3 heterocycles. The quantitative estimate of drug-likeness (QED) is 0.723. The summed E-state index contributed by atoms with van der Waals surface area (Å²) in [6.07, 6.45) is 6.72. The molecule has 2 amide bonds. The number of hydrogen-bond acceptors (Lipinski definition) is 5. The zero-order valence-corrected chi connectivity index (χ0v) is 16.8. The molecule has 1 fully saturated rings. The molecule has 0 aromatic carbocycles. The highest BCUT2D eigenvalue weighted by molar-refractivity contribution is 5.95. The van der Waals surface area contributed by atoms with E-state index in [0.29, 0.717) is 37.5 Å². The highest BCUT2D eigenvalue weighted by Crippen LogP contribution is 2.20. The lowest BCUT2D eigenvalue weighted by molar-refractivity contribution is -0.138. The van der Waals surface area contributed by atoms with Gasteiger partial charge in [0.15, 0.2) is 0 Å². The van der Waals surface area contributed by atoms with Gasteiger partial charge in [-0.1, -0.05) is 0 Å². The minimum atomic E-state index is -0.0178. The van der Waals surface area contributed by atoms with Gasteiger partial charge in [-0.05, 0) is 32.8 Å². The summed E-state index contributed by atoms with van der Waals surface area (Å²) in [6, 6.07) is 1.81. The van der Waals surface area contributed by atoms with E-state index in [2.05, 4.69) is 4.98 Å². The monoisotopic (exact) mass is 388 g/mol. The third-order valence-electron chi connectivity index (χ3n) is 5.38. The molecule has 3 rings (SSSR count). The molecule has 0 spiro atoms. The van der Waals surface area contributed by atoms with Gasteiger partial charge in [0.2, 0.25) is 5.91 Å². The average Bonchev–Trinajstić information content (AvgIpc) is 3.30. The summed E-state index contributed by atoms with van der Waals surface area (Å²) in [5.41, 5.74) is 0.612. The van der Waals surface area contributed by atoms with Crippen molar-refractivity contribution in [3.8, 4) is 0 Å². The van der Waals surface area contributed by atoms with Gasteiger partial charge in [0.25, 0.3) is 5.91 Å². The maximum absolute atomic E-state index is 12.7. The second-order valence-corrected chi connectivity index (χ2v) is 7.10. The lowest BCUT2D eigenvalue weighted by Gasteiger charge is -2.38. The Hall–Kier alpha value is -2.61. The number of rotatable bonds is 7. The van der Waals surface area contributed by atoms with Crippen LogP contribution in [0.15, 0.2) is 29.1 Å². The highest BCUT2D eigenvalue weighted by Gasteiger charge is 2.30. The normalized spacial score (nSPS) is 15.0. The van der Waals surface area contributed by atoms with Gasteiger partial charge in [-0.2, -0.15) is 0 Å². The first kappa shape index (κ1) is 20.1. The average molecular weight is 388 g/mol. The first-order chi connectivity index (χ1) is 13.5. The summed E-state index contributed by atoms with van der Waals surface area (Å²) >= 11 is 0. The van der Waals surface area contributed by atoms with Gasteiger partial charge in [0.1, 0.15) is 18.2 Å². The van der Waals surface area contributed by atoms with Crippen LogP contribution in [0.25, 0.3) is 0 Å². The molecule has 28 heavy (non-hydrogen) atoms. The van der Waals surface area contributed by atoms with Crippen LogP contribution < -0.4 is 0 Å². The maximum Gasteiger partial charge on any atom is 0.257 e. The number of ether oxygens (including phenoxy) is 1. The van der Waals surface area contributed by atoms with E-state index in [1.54, 1.807) is 25.5 Å². The Labute approximate surface area is 165 Å². The van der Waals surface area contributed by atoms with Crippen LogP contribution in [-0.4, -0.2) is 70.6 Å². The number of aromatic nitrogens is 2. The molecule has 0 bridgehead atoms. The third kappa shape index (κ3) is 4.44. The predicted octanol–water partition coefficient (Wildman–Crippen LogP) is 1.87. The molecule has 0 atom stereocenters. The van der Waals surface area contributed by atoms with Crippen molar-refractivity contribution in [2.45, 2.75) is 39.3 Å². The molecule has 0 saturated carbocycles. The lowest BCUT2D eigenvalue weighted by atomic mass is 10.0. The van der Waals surface area contributed by atoms with Crippen LogP contribution in [0.5, 0.6) is 0 Å². The second-order valence-electron chi connectivity index (χ2n) is 7.10. The van der Waals surface area contributed by atoms with Crippen LogP contribution >= 0.6 is 0 Å². The zero-order chi connectivity index (χ0) is 20.1. The van der Waals surface area contributed by atoms with Crippen molar-refractivity contribution in [1.82, 2.24) is 19.4 Å². The number of carbonyl (C=O) groups excluding carboxylic acids is 2. The molecular formula is C20H28N4O4. The van der Waals surface area contributed by atoms with Crippen LogP contribution in [0.4, 0.5) is 0 Å². The van der Waals surface area contributed by atoms with Gasteiger partial charge in [0, 0.05) is 51.7 Å². The maximum atomic E-state index is 12.7. The number of furan rings is 1. The fraction of sp³-hybridized carbons (Fsp3) is 0.550. The van der Waals surface area contributed by atoms with Crippen molar-refractivity contribution in [2.24, 2.45) is 0 Å². The minimum absolute atomic E-state index is 0.00601. The number of imidazole rings is 1. The second kappa shape index (κ2) is 9.05. The zero-order valence-electron chi connectivity index (χ0n) is 16.8. The number of methoxy groups -OCH3 is 1. The van der Waals surface area contributed by atoms with Crippen molar-refractivity contribution in [3.63, 3.8) is 0 Å². The molecule has 2 aromatic heterocycles. The van der Waals surface area contributed by atoms with E-state index in [1.807, 2.05) is 27.5 Å². The largest absolute Gasteiger partial charge is 0.469 e. The smallest absolute Gasteiger partial charge is 0.257 e. The van der Waals surface area contributed by atoms with E-state index in [-0.39, 0.29) is 24.5 Å². The van der Waals surface area contributed by atoms with E-state index in [0.717, 1.165) is 18.7 Å². The molecule has 8 nitrogen and oxygen atoms in total. The summed E-state index contributed by atoms with van der Waals surface area (Å²) in [6.45, 7) is 6.33. The fourth-order valence-corrected chi connectivity index (χ4v) is 3.73. The van der Waals surface area contributed by atoms with Gasteiger partial charge < -0.3 is 23.5 Å². The van der Waals surface area contributed by atoms with Crippen LogP contribution in [-0.2, 0) is 16.1 Å². The first-order valence-corrected chi connectivity index (χ1v) is 9.60. The molecule has 0 radical (unpaired) electrons. The Bertz CT molecular complexity index is 805. The summed E-state index contributed by atoms with van der Waals surface area (Å²) in [5, 5.41) is 0. The Morgan fingerprint density at radius 3 is 2.64 bits per heavy atom. The molecule has 1 saturated heterocycles. The number of hydrogen-bond donors (Lipinski definition) is 0. The van der Waals surface area contributed by atoms with Crippen molar-refractivity contribution >= 4 is 11.8 Å². The van der Waals surface area contributed by atoms with Crippen LogP contribution in [0.2, 0.25) is 0 Å². The standard InChI is InChI=1S/C20H28N4O4/c1-15-18(6-13-28-15)20(26)23-8-4-17(5-9-23)24(19(25)14-27-3)12-11-22-10-7-21-16(22)2/h6-7,10,13,17H,4-5,8-9,11-12,14H2,1-3H3. The lowest BCUT2D eigenvalue weighted by Crippen LogP contribution is -2.50. The summed E-state index contributed by atoms with van der Waals surface area (Å²) in [4.78, 5) is 33.3. The Morgan fingerprint density at radius 2 is 2.07 bits per heavy atom. The molecule has 8 heteroatoms. The van der Waals surface area contributed by atoms with Crippen LogP contribution in [0.3, 0.4) is 0 Å². The van der Waals surface area contributed by atoms with Crippen LogP contribution in [0.1, 0.15) is 34.8 Å². The molecule has 2 aromatic rings. The van der Waals surface area contributed by atoms with Gasteiger partial charge in [-0.15, -0.1) is 0 Å². The van der Waals surface area contributed by atoms with Gasteiger partial charge in [-0.25, -0.2) is 4.98 Å². The van der Waals surface area contributed by atoms with E-state index in [1.165, 1.54) is 7.11 Å². The molecule has 152 valence electrons. The van der Waals surface area contributed by atoms with Crippen LogP contribution in [0, 0.1) is 13.8 Å². The molecule has 0 N–H and O–H groups in total. The topological polar surface area (TPSA) is 80.8 Å². The van der Waals surface area contributed by atoms with Crippen molar-refractivity contribution in [2.75, 3.05) is 33.4 Å². The van der Waals surface area contributed by atoms with E-state index < -0.39 is 0 Å². The first-order valence-electron chi connectivity index (χ1n) is 9.60. The van der Waals surface area contributed by atoms with E-state index in [9.17, 15) is 9.59 Å². The molecule has 1 aliphatic rings. The van der Waals surface area contributed by atoms with E-state index >= 15 is 0 Å². The number of nitrogens with zero attached hydrogens (tertiary/aromatic N) is 4. The number of aryl methyl sites for hydroxylation is 2. The van der Waals surface area contributed by atoms with Gasteiger partial charge >= 0.3 is 0 Å². The number of likely N-dealkylation sites (tertiary alicyclic amines) is 1. The third-order valence-corrected chi connectivity index (χ3v) is 5.38. The molecule has 0 aliphatic carbocycles. The van der Waals surface area contributed by atoms with Gasteiger partial charge in [-0.3, -0.25) is 9.59 Å². The minimum Gasteiger partial charge on any atom is -0.469 e. The summed E-state index contributed by atoms with van der Waals surface area (Å²) < 4.78 is 12.4. The van der Waals surface area contributed by atoms with Gasteiger partial charge in [0.05, 0.1) is 11.8 Å².